The Morgan fingerprint density at radius 1 is 1.47 bits per heavy atom. The molecule has 1 aromatic heterocycles. The van der Waals surface area contributed by atoms with Crippen LogP contribution in [0, 0.1) is 0 Å². The fraction of sp³-hybridized carbons (Fsp3) is 0.375. The van der Waals surface area contributed by atoms with Crippen molar-refractivity contribution in [2.45, 2.75) is 18.9 Å². The first-order valence-electron chi connectivity index (χ1n) is 4.40. The van der Waals surface area contributed by atoms with Crippen LogP contribution in [0.2, 0.25) is 0 Å². The lowest BCUT2D eigenvalue weighted by Gasteiger charge is -2.09. The molecule has 1 aliphatic carbocycles. The van der Waals surface area contributed by atoms with Crippen LogP contribution in [0.25, 0.3) is 0 Å². The van der Waals surface area contributed by atoms with Gasteiger partial charge in [-0.1, -0.05) is 0 Å². The summed E-state index contributed by atoms with van der Waals surface area (Å²) < 4.78 is 1.32. The summed E-state index contributed by atoms with van der Waals surface area (Å²) in [6.07, 6.45) is 4.00. The van der Waals surface area contributed by atoms with Crippen molar-refractivity contribution in [3.63, 3.8) is 0 Å². The molecule has 15 heavy (non-hydrogen) atoms. The van der Waals surface area contributed by atoms with Gasteiger partial charge in [0.25, 0.3) is 0 Å². The highest BCUT2D eigenvalue weighted by atomic mass is 79.9. The number of rotatable bonds is 2. The Balaban J connectivity index is 1.99. The van der Waals surface area contributed by atoms with Crippen LogP contribution in [0.3, 0.4) is 0 Å². The van der Waals surface area contributed by atoms with E-state index in [-0.39, 0.29) is 0 Å². The van der Waals surface area contributed by atoms with Gasteiger partial charge in [-0.2, -0.15) is 0 Å². The lowest BCUT2D eigenvalue weighted by molar-refractivity contribution is 0.917. The summed E-state index contributed by atoms with van der Waals surface area (Å²) in [6.45, 7) is 0. The summed E-state index contributed by atoms with van der Waals surface area (Å²) in [5.74, 6) is 0.622. The van der Waals surface area contributed by atoms with Crippen molar-refractivity contribution in [1.82, 2.24) is 15.3 Å². The minimum Gasteiger partial charge on any atom is -0.360 e. The second-order valence-corrected chi connectivity index (χ2v) is 5.18. The predicted molar refractivity (Wildman–Crippen MR) is 69.8 cm³/mol. The van der Waals surface area contributed by atoms with E-state index in [1.165, 1.54) is 12.8 Å². The molecule has 7 heteroatoms. The van der Waals surface area contributed by atoms with E-state index >= 15 is 0 Å². The third kappa shape index (κ3) is 3.35. The molecule has 0 unspecified atom stereocenters. The normalized spacial score (nSPS) is 14.8. The van der Waals surface area contributed by atoms with Crippen LogP contribution in [0.15, 0.2) is 15.4 Å². The van der Waals surface area contributed by atoms with E-state index in [0.717, 1.165) is 0 Å². The van der Waals surface area contributed by atoms with Gasteiger partial charge in [-0.25, -0.2) is 9.97 Å². The number of nitrogens with one attached hydrogen (secondary N) is 2. The fourth-order valence-electron chi connectivity index (χ4n) is 0.987. The molecule has 0 radical (unpaired) electrons. The first-order valence-corrected chi connectivity index (χ1v) is 6.40. The Morgan fingerprint density at radius 2 is 2.20 bits per heavy atom. The van der Waals surface area contributed by atoms with Crippen molar-refractivity contribution in [2.75, 3.05) is 5.32 Å². The molecule has 2 N–H and O–H groups in total. The molecule has 0 saturated heterocycles. The van der Waals surface area contributed by atoms with Crippen LogP contribution in [0.5, 0.6) is 0 Å². The van der Waals surface area contributed by atoms with Crippen molar-refractivity contribution >= 4 is 55.0 Å². The lowest BCUT2D eigenvalue weighted by atomic mass is 10.6. The van der Waals surface area contributed by atoms with E-state index in [0.29, 0.717) is 26.2 Å². The Bertz CT molecular complexity index is 394. The highest BCUT2D eigenvalue weighted by Crippen LogP contribution is 2.21. The van der Waals surface area contributed by atoms with Gasteiger partial charge in [-0.15, -0.1) is 0 Å². The SMILES string of the molecule is S=C(Nc1ncc(Br)nc1Br)NC1CC1. The molecular formula is C8H8Br2N4S. The van der Waals surface area contributed by atoms with E-state index in [4.69, 9.17) is 12.2 Å². The van der Waals surface area contributed by atoms with Crippen LogP contribution in [0.4, 0.5) is 5.82 Å². The average molecular weight is 352 g/mol. The van der Waals surface area contributed by atoms with Crippen LogP contribution < -0.4 is 10.6 Å². The standard InChI is InChI=1S/C8H8Br2N4S/c9-5-3-11-7(6(10)13-5)14-8(15)12-4-1-2-4/h3-4H,1-2H2,(H2,11,12,14,15). The Kier molecular flexibility index (Phi) is 3.53. The van der Waals surface area contributed by atoms with Gasteiger partial charge in [0, 0.05) is 6.04 Å². The van der Waals surface area contributed by atoms with Crippen molar-refractivity contribution in [2.24, 2.45) is 0 Å². The van der Waals surface area contributed by atoms with Crippen LogP contribution in [0.1, 0.15) is 12.8 Å². The van der Waals surface area contributed by atoms with Crippen molar-refractivity contribution in [1.29, 1.82) is 0 Å². The topological polar surface area (TPSA) is 49.8 Å². The molecule has 1 aliphatic rings. The molecule has 0 aliphatic heterocycles. The molecule has 4 nitrogen and oxygen atoms in total. The quantitative estimate of drug-likeness (QED) is 0.801. The summed E-state index contributed by atoms with van der Waals surface area (Å²) >= 11 is 11.7. The molecular weight excluding hydrogens is 344 g/mol. The Morgan fingerprint density at radius 3 is 2.80 bits per heavy atom. The predicted octanol–water partition coefficient (Wildman–Crippen LogP) is 2.45. The van der Waals surface area contributed by atoms with Crippen molar-refractivity contribution in [3.05, 3.63) is 15.4 Å². The van der Waals surface area contributed by atoms with Gasteiger partial charge in [-0.3, -0.25) is 0 Å². The number of nitrogens with zero attached hydrogens (tertiary/aromatic N) is 2. The molecule has 0 atom stereocenters. The zero-order valence-electron chi connectivity index (χ0n) is 7.63. The largest absolute Gasteiger partial charge is 0.360 e. The number of thiocarbonyl (C=S) groups is 1. The van der Waals surface area contributed by atoms with Crippen molar-refractivity contribution < 1.29 is 0 Å². The smallest absolute Gasteiger partial charge is 0.172 e. The first-order chi connectivity index (χ1) is 7.15. The minimum atomic E-state index is 0.534. The van der Waals surface area contributed by atoms with E-state index in [2.05, 4.69) is 52.5 Å². The molecule has 80 valence electrons. The number of anilines is 1. The van der Waals surface area contributed by atoms with Gasteiger partial charge < -0.3 is 10.6 Å². The Hall–Kier alpha value is -0.270. The zero-order chi connectivity index (χ0) is 10.8. The summed E-state index contributed by atoms with van der Waals surface area (Å²) in [7, 11) is 0. The third-order valence-corrected chi connectivity index (χ3v) is 3.00. The summed E-state index contributed by atoms with van der Waals surface area (Å²) in [4.78, 5) is 8.29. The van der Waals surface area contributed by atoms with Crippen molar-refractivity contribution in [3.8, 4) is 0 Å². The fourth-order valence-corrected chi connectivity index (χ4v) is 2.16. The van der Waals surface area contributed by atoms with Gasteiger partial charge in [-0.05, 0) is 56.9 Å². The van der Waals surface area contributed by atoms with Crippen LogP contribution in [-0.4, -0.2) is 21.1 Å². The maximum Gasteiger partial charge on any atom is 0.172 e. The summed E-state index contributed by atoms with van der Waals surface area (Å²) in [5.41, 5.74) is 0. The molecule has 1 fully saturated rings. The van der Waals surface area contributed by atoms with Gasteiger partial charge >= 0.3 is 0 Å². The second kappa shape index (κ2) is 4.71. The second-order valence-electron chi connectivity index (χ2n) is 3.20. The number of hydrogen-bond acceptors (Lipinski definition) is 3. The number of halogens is 2. The van der Waals surface area contributed by atoms with E-state index < -0.39 is 0 Å². The summed E-state index contributed by atoms with van der Waals surface area (Å²) in [5, 5.41) is 6.74. The number of aromatic nitrogens is 2. The maximum absolute atomic E-state index is 5.12. The first kappa shape index (κ1) is 11.2. The number of hydrogen-bond donors (Lipinski definition) is 2. The third-order valence-electron chi connectivity index (χ3n) is 1.85. The van der Waals surface area contributed by atoms with Gasteiger partial charge in [0.1, 0.15) is 9.21 Å². The highest BCUT2D eigenvalue weighted by Gasteiger charge is 2.22. The minimum absolute atomic E-state index is 0.534. The molecule has 0 amide bonds. The van der Waals surface area contributed by atoms with E-state index in [1.54, 1.807) is 6.20 Å². The van der Waals surface area contributed by atoms with Gasteiger partial charge in [0.05, 0.1) is 6.20 Å². The van der Waals surface area contributed by atoms with Gasteiger partial charge in [0.2, 0.25) is 0 Å². The highest BCUT2D eigenvalue weighted by molar-refractivity contribution is 9.11. The maximum atomic E-state index is 5.12. The molecule has 0 aromatic carbocycles. The van der Waals surface area contributed by atoms with E-state index in [9.17, 15) is 0 Å². The lowest BCUT2D eigenvalue weighted by Crippen LogP contribution is -2.30. The Labute approximate surface area is 110 Å². The molecule has 2 rings (SSSR count). The average Bonchev–Trinajstić information content (AvgIpc) is 2.94. The summed E-state index contributed by atoms with van der Waals surface area (Å²) in [6, 6.07) is 0.534. The molecule has 1 heterocycles. The van der Waals surface area contributed by atoms with Gasteiger partial charge in [0.15, 0.2) is 10.9 Å². The van der Waals surface area contributed by atoms with Crippen LogP contribution >= 0.6 is 44.1 Å². The van der Waals surface area contributed by atoms with E-state index in [1.807, 2.05) is 0 Å². The van der Waals surface area contributed by atoms with Crippen LogP contribution in [-0.2, 0) is 0 Å². The molecule has 1 aromatic rings. The monoisotopic (exact) mass is 350 g/mol. The zero-order valence-corrected chi connectivity index (χ0v) is 11.6. The molecule has 1 saturated carbocycles. The molecule has 0 bridgehead atoms. The molecule has 0 spiro atoms.